The molecule has 0 N–H and O–H groups in total. The van der Waals surface area contributed by atoms with Gasteiger partial charge in [-0.2, -0.15) is 0 Å². The first-order chi connectivity index (χ1) is 7.78. The Morgan fingerprint density at radius 3 is 2.22 bits per heavy atom. The molecule has 3 aliphatic rings. The van der Waals surface area contributed by atoms with Crippen LogP contribution >= 0.6 is 11.6 Å². The van der Waals surface area contributed by atoms with Crippen LogP contribution in [-0.4, -0.2) is 6.98 Å². The van der Waals surface area contributed by atoms with Crippen molar-refractivity contribution in [3.05, 3.63) is 34.3 Å². The Kier molecular flexibility index (Phi) is 3.85. The van der Waals surface area contributed by atoms with Gasteiger partial charge in [-0.1, -0.05) is 53.9 Å². The minimum Gasteiger partial charge on any atom is -0.449 e. The number of rotatable bonds is 2. The fourth-order valence-electron chi connectivity index (χ4n) is 3.54. The Morgan fingerprint density at radius 2 is 1.72 bits per heavy atom. The first-order valence-corrected chi connectivity index (χ1v) is 6.12. The molecule has 0 saturated heterocycles. The first kappa shape index (κ1) is 15.4. The van der Waals surface area contributed by atoms with Crippen LogP contribution in [-0.2, 0) is 5.41 Å². The molecule has 0 amide bonds. The summed E-state index contributed by atoms with van der Waals surface area (Å²) in [4.78, 5) is 0. The largest absolute Gasteiger partial charge is 1.00 e. The van der Waals surface area contributed by atoms with Crippen LogP contribution in [0.5, 0.6) is 0 Å². The average molecular weight is 299 g/mol. The molecule has 3 fully saturated rings. The molecule has 92 valence electrons. The van der Waals surface area contributed by atoms with Gasteiger partial charge in [0.05, 0.1) is 0 Å². The molecule has 3 aliphatic carbocycles. The molecule has 0 heterocycles. The molecule has 1 aromatic rings. The van der Waals surface area contributed by atoms with Crippen molar-refractivity contribution in [2.24, 2.45) is 0 Å². The van der Waals surface area contributed by atoms with Gasteiger partial charge < -0.3 is 12.9 Å². The van der Waals surface area contributed by atoms with Crippen LogP contribution in [0.4, 0.5) is 12.9 Å². The van der Waals surface area contributed by atoms with E-state index < -0.39 is 12.3 Å². The van der Waals surface area contributed by atoms with Gasteiger partial charge in [-0.05, 0) is 24.0 Å². The van der Waals surface area contributed by atoms with Gasteiger partial charge in [0.2, 0.25) is 0 Å². The van der Waals surface area contributed by atoms with E-state index in [0.29, 0.717) is 5.02 Å². The van der Waals surface area contributed by atoms with E-state index in [4.69, 9.17) is 11.6 Å². The molecule has 0 aliphatic heterocycles. The summed E-state index contributed by atoms with van der Waals surface area (Å²) in [5, 5.41) is -0.730. The second-order valence-electron chi connectivity index (χ2n) is 5.73. The van der Waals surface area contributed by atoms with Crippen molar-refractivity contribution in [3.63, 3.8) is 0 Å². The fourth-order valence-corrected chi connectivity index (χ4v) is 3.86. The molecular formula is C12H12BClF3K. The number of hydrogen-bond donors (Lipinski definition) is 0. The van der Waals surface area contributed by atoms with E-state index in [1.165, 1.54) is 0 Å². The maximum atomic E-state index is 12.8. The molecule has 0 radical (unpaired) electrons. The van der Waals surface area contributed by atoms with E-state index in [9.17, 15) is 12.9 Å². The minimum atomic E-state index is -4.70. The summed E-state index contributed by atoms with van der Waals surface area (Å²) in [7, 11) is 0. The summed E-state index contributed by atoms with van der Waals surface area (Å²) >= 11 is 6.10. The Labute approximate surface area is 152 Å². The molecule has 18 heavy (non-hydrogen) atoms. The van der Waals surface area contributed by atoms with E-state index in [1.54, 1.807) is 6.07 Å². The minimum absolute atomic E-state index is 0. The van der Waals surface area contributed by atoms with Crippen molar-refractivity contribution >= 4 is 18.6 Å². The topological polar surface area (TPSA) is 0 Å². The van der Waals surface area contributed by atoms with E-state index in [1.807, 2.05) is 19.1 Å². The first-order valence-electron chi connectivity index (χ1n) is 5.74. The molecule has 0 nitrogen and oxygen atoms in total. The summed E-state index contributed by atoms with van der Waals surface area (Å²) in [6, 6.07) is 5.62. The molecule has 4 rings (SSSR count). The Balaban J connectivity index is 0.00000120. The van der Waals surface area contributed by atoms with Crippen LogP contribution in [0.15, 0.2) is 18.2 Å². The maximum absolute atomic E-state index is 12.8. The smallest absolute Gasteiger partial charge is 0.449 e. The van der Waals surface area contributed by atoms with Gasteiger partial charge in [0.25, 0.3) is 0 Å². The van der Waals surface area contributed by atoms with Gasteiger partial charge in [-0.25, -0.2) is 0 Å². The Morgan fingerprint density at radius 1 is 1.17 bits per heavy atom. The number of hydrogen-bond acceptors (Lipinski definition) is 0. The van der Waals surface area contributed by atoms with E-state index in [0.717, 1.165) is 11.1 Å². The van der Waals surface area contributed by atoms with E-state index >= 15 is 0 Å². The maximum Gasteiger partial charge on any atom is 1.00 e. The van der Waals surface area contributed by atoms with Gasteiger partial charge in [0, 0.05) is 5.02 Å². The molecular weight excluding hydrogens is 286 g/mol. The standard InChI is InChI=1S/C12H12BClF3.K/c1-8-2-3-10(14)9(4-8)11-5-12(6-11,7-11)13(15,16)17;/h2-4H,5-7H2,1H3;/q-1;+1. The van der Waals surface area contributed by atoms with Crippen molar-refractivity contribution in [2.75, 3.05) is 0 Å². The zero-order valence-electron chi connectivity index (χ0n) is 10.4. The van der Waals surface area contributed by atoms with Crippen LogP contribution in [0.25, 0.3) is 0 Å². The number of benzene rings is 1. The van der Waals surface area contributed by atoms with E-state index in [2.05, 4.69) is 0 Å². The summed E-state index contributed by atoms with van der Waals surface area (Å²) in [5.74, 6) is 0. The summed E-state index contributed by atoms with van der Waals surface area (Å²) < 4.78 is 38.5. The monoisotopic (exact) mass is 298 g/mol. The normalized spacial score (nSPS) is 33.2. The zero-order valence-corrected chi connectivity index (χ0v) is 14.3. The molecule has 2 bridgehead atoms. The van der Waals surface area contributed by atoms with Gasteiger partial charge in [-0.15, -0.1) is 0 Å². The summed E-state index contributed by atoms with van der Waals surface area (Å²) in [6.07, 6.45) is 0.728. The molecule has 6 heteroatoms. The quantitative estimate of drug-likeness (QED) is 0.729. The molecule has 0 spiro atoms. The van der Waals surface area contributed by atoms with Crippen molar-refractivity contribution in [1.82, 2.24) is 0 Å². The van der Waals surface area contributed by atoms with Crippen LogP contribution in [0.1, 0.15) is 30.4 Å². The van der Waals surface area contributed by atoms with Crippen LogP contribution in [0, 0.1) is 6.92 Å². The third kappa shape index (κ3) is 1.97. The Bertz CT molecular complexity index is 481. The van der Waals surface area contributed by atoms with Crippen molar-refractivity contribution in [3.8, 4) is 0 Å². The number of halogens is 4. The van der Waals surface area contributed by atoms with Crippen molar-refractivity contribution in [1.29, 1.82) is 0 Å². The van der Waals surface area contributed by atoms with Crippen LogP contribution < -0.4 is 51.4 Å². The predicted octanol–water partition coefficient (Wildman–Crippen LogP) is 1.68. The molecule has 0 atom stereocenters. The molecule has 3 saturated carbocycles. The second-order valence-corrected chi connectivity index (χ2v) is 6.14. The molecule has 0 unspecified atom stereocenters. The summed E-state index contributed by atoms with van der Waals surface area (Å²) in [6.45, 7) is -2.76. The van der Waals surface area contributed by atoms with Crippen LogP contribution in [0.3, 0.4) is 0 Å². The second kappa shape index (κ2) is 4.50. The van der Waals surface area contributed by atoms with Crippen molar-refractivity contribution < 1.29 is 64.3 Å². The zero-order chi connectivity index (χ0) is 12.5. The van der Waals surface area contributed by atoms with Gasteiger partial charge in [0.1, 0.15) is 0 Å². The Hall–Kier alpha value is 1.00. The predicted molar refractivity (Wildman–Crippen MR) is 63.5 cm³/mol. The van der Waals surface area contributed by atoms with Gasteiger partial charge in [0.15, 0.2) is 0 Å². The fraction of sp³-hybridized carbons (Fsp3) is 0.500. The SMILES string of the molecule is Cc1ccc(Cl)c(C23CC([B-](F)(F)F)(C2)C3)c1.[K+]. The average Bonchev–Trinajstić information content (AvgIpc) is 2.03. The number of aryl methyl sites for hydroxylation is 1. The summed E-state index contributed by atoms with van der Waals surface area (Å²) in [5.41, 5.74) is 1.70. The third-order valence-electron chi connectivity index (χ3n) is 4.46. The molecule has 0 aromatic heterocycles. The van der Waals surface area contributed by atoms with Crippen LogP contribution in [0.2, 0.25) is 10.3 Å². The van der Waals surface area contributed by atoms with E-state index in [-0.39, 0.29) is 76.1 Å². The van der Waals surface area contributed by atoms with Gasteiger partial charge in [-0.3, -0.25) is 0 Å². The van der Waals surface area contributed by atoms with Crippen molar-refractivity contribution in [2.45, 2.75) is 36.9 Å². The molecule has 1 aromatic carbocycles. The third-order valence-corrected chi connectivity index (χ3v) is 4.79. The van der Waals surface area contributed by atoms with Gasteiger partial charge >= 0.3 is 58.4 Å².